The molecule has 2 aliphatic rings. The monoisotopic (exact) mass is 997 g/mol. The van der Waals surface area contributed by atoms with E-state index in [4.69, 9.17) is 0 Å². The molecule has 0 spiro atoms. The van der Waals surface area contributed by atoms with Gasteiger partial charge in [0.2, 0.25) is 0 Å². The third-order valence-corrected chi connectivity index (χ3v) is 11.8. The first-order chi connectivity index (χ1) is 32.3. The van der Waals surface area contributed by atoms with Gasteiger partial charge in [0.05, 0.1) is 23.0 Å². The minimum Gasteiger partial charge on any atom is -0.323 e. The van der Waals surface area contributed by atoms with Gasteiger partial charge in [0.25, 0.3) is 0 Å². The van der Waals surface area contributed by atoms with Gasteiger partial charge < -0.3 is 5.32 Å². The van der Waals surface area contributed by atoms with Crippen molar-refractivity contribution in [1.29, 1.82) is 0 Å². The van der Waals surface area contributed by atoms with Crippen LogP contribution in [0.5, 0.6) is 0 Å². The molecule has 1 aromatic carbocycles. The number of hydrogen-bond acceptors (Lipinski definition) is 12. The Hall–Kier alpha value is -7.23. The van der Waals surface area contributed by atoms with Crippen LogP contribution in [0.15, 0.2) is 89.7 Å². The molecule has 16 nitrogen and oxygen atoms in total. The van der Waals surface area contributed by atoms with E-state index < -0.39 is 0 Å². The molecule has 0 atom stereocenters. The first-order valence-electron chi connectivity index (χ1n) is 23.3. The molecule has 0 unspecified atom stereocenters. The van der Waals surface area contributed by atoms with E-state index in [1.807, 2.05) is 69.4 Å². The molecule has 0 saturated carbocycles. The Morgan fingerprint density at radius 2 is 1.14 bits per heavy atom. The maximum Gasteiger partial charge on any atom is 0.184 e. The van der Waals surface area contributed by atoms with Crippen molar-refractivity contribution in [1.82, 2.24) is 70.7 Å². The van der Waals surface area contributed by atoms with Gasteiger partial charge in [-0.05, 0) is 112 Å². The molecule has 5 N–H and O–H groups in total. The second-order valence-corrected chi connectivity index (χ2v) is 18.1. The van der Waals surface area contributed by atoms with Crippen molar-refractivity contribution in [3.05, 3.63) is 119 Å². The SMILES string of the molecule is C.C.C.C.C.C.CC(C)C1=NCC2=C1CCCC2.CC(C)c1[nH]nc2ccncc12.CC(C)c1[nH]nc2ncccc12.CC(C)c1[nH]nc2ncncc12.Cc1nc(C)c(C)c(Nc2n[nH]c3ccccc23)n1. The maximum absolute atomic E-state index is 4.62. The van der Waals surface area contributed by atoms with E-state index in [2.05, 4.69) is 136 Å². The minimum atomic E-state index is 0. The van der Waals surface area contributed by atoms with Gasteiger partial charge in [-0.3, -0.25) is 30.4 Å². The first kappa shape index (κ1) is 63.8. The number of benzene rings is 1. The second kappa shape index (κ2) is 29.3. The molecule has 0 bridgehead atoms. The summed E-state index contributed by atoms with van der Waals surface area (Å²) in [5, 5.41) is 36.2. The molecule has 0 amide bonds. The second-order valence-electron chi connectivity index (χ2n) is 18.1. The van der Waals surface area contributed by atoms with E-state index in [0.29, 0.717) is 23.7 Å². The van der Waals surface area contributed by atoms with Crippen LogP contribution in [-0.4, -0.2) is 82.9 Å². The zero-order chi connectivity index (χ0) is 47.6. The molecule has 11 rings (SSSR count). The minimum absolute atomic E-state index is 0. The smallest absolute Gasteiger partial charge is 0.184 e. The normalized spacial score (nSPS) is 12.2. The van der Waals surface area contributed by atoms with Crippen LogP contribution >= 0.6 is 0 Å². The van der Waals surface area contributed by atoms with Crippen LogP contribution in [0.4, 0.5) is 11.6 Å². The van der Waals surface area contributed by atoms with Crippen molar-refractivity contribution in [2.24, 2.45) is 10.9 Å². The van der Waals surface area contributed by atoms with Gasteiger partial charge >= 0.3 is 0 Å². The van der Waals surface area contributed by atoms with Crippen molar-refractivity contribution in [3.63, 3.8) is 0 Å². The number of aromatic amines is 4. The molecule has 73 heavy (non-hydrogen) atoms. The zero-order valence-corrected chi connectivity index (χ0v) is 40.7. The number of nitrogens with zero attached hydrogens (tertiary/aromatic N) is 11. The van der Waals surface area contributed by atoms with Crippen molar-refractivity contribution < 1.29 is 0 Å². The zero-order valence-electron chi connectivity index (χ0n) is 40.7. The summed E-state index contributed by atoms with van der Waals surface area (Å²) in [7, 11) is 0. The van der Waals surface area contributed by atoms with Gasteiger partial charge in [0.15, 0.2) is 17.1 Å². The summed E-state index contributed by atoms with van der Waals surface area (Å²) in [5.74, 6) is 4.36. The highest BCUT2D eigenvalue weighted by Gasteiger charge is 2.23. The van der Waals surface area contributed by atoms with E-state index in [9.17, 15) is 0 Å². The third-order valence-electron chi connectivity index (χ3n) is 11.8. The van der Waals surface area contributed by atoms with Gasteiger partial charge in [0, 0.05) is 75.0 Å². The van der Waals surface area contributed by atoms with Crippen molar-refractivity contribution in [2.75, 3.05) is 11.9 Å². The number of aromatic nitrogens is 14. The molecule has 9 aromatic rings. The molecule has 0 saturated heterocycles. The molecular formula is C57H88N16. The average molecular weight is 997 g/mol. The molecule has 0 fully saturated rings. The van der Waals surface area contributed by atoms with Gasteiger partial charge in [0.1, 0.15) is 18.0 Å². The Balaban J connectivity index is 0.000000453. The number of para-hydroxylation sites is 1. The Bertz CT molecular complexity index is 2920. The van der Waals surface area contributed by atoms with E-state index in [-0.39, 0.29) is 44.6 Å². The molecule has 9 heterocycles. The Morgan fingerprint density at radius 3 is 1.82 bits per heavy atom. The van der Waals surface area contributed by atoms with Crippen LogP contribution in [-0.2, 0) is 0 Å². The quantitative estimate of drug-likeness (QED) is 0.106. The number of fused-ring (bicyclic) bond motifs is 4. The fourth-order valence-electron chi connectivity index (χ4n) is 8.16. The number of nitrogens with one attached hydrogen (secondary N) is 5. The number of allylic oxidation sites excluding steroid dienone is 1. The van der Waals surface area contributed by atoms with Crippen molar-refractivity contribution >= 4 is 61.2 Å². The van der Waals surface area contributed by atoms with Crippen LogP contribution in [0.3, 0.4) is 0 Å². The van der Waals surface area contributed by atoms with E-state index in [0.717, 1.165) is 96.2 Å². The Morgan fingerprint density at radius 1 is 0.534 bits per heavy atom. The summed E-state index contributed by atoms with van der Waals surface area (Å²) >= 11 is 0. The molecule has 396 valence electrons. The number of rotatable bonds is 6. The lowest BCUT2D eigenvalue weighted by atomic mass is 9.88. The molecule has 1 aliphatic heterocycles. The van der Waals surface area contributed by atoms with Crippen molar-refractivity contribution in [3.8, 4) is 0 Å². The van der Waals surface area contributed by atoms with Gasteiger partial charge in [-0.25, -0.2) is 24.9 Å². The van der Waals surface area contributed by atoms with Crippen LogP contribution in [0, 0.1) is 26.7 Å². The van der Waals surface area contributed by atoms with E-state index in [1.165, 1.54) is 37.7 Å². The van der Waals surface area contributed by atoms with E-state index >= 15 is 0 Å². The topological polar surface area (TPSA) is 216 Å². The maximum atomic E-state index is 4.62. The number of pyridine rings is 2. The predicted molar refractivity (Wildman–Crippen MR) is 310 cm³/mol. The lowest BCUT2D eigenvalue weighted by Gasteiger charge is -2.16. The fourth-order valence-corrected chi connectivity index (χ4v) is 8.16. The average Bonchev–Trinajstić information content (AvgIpc) is 4.18. The molecule has 1 aliphatic carbocycles. The lowest BCUT2D eigenvalue weighted by Crippen LogP contribution is -2.10. The highest BCUT2D eigenvalue weighted by molar-refractivity contribution is 6.04. The molecule has 0 radical (unpaired) electrons. The lowest BCUT2D eigenvalue weighted by molar-refractivity contribution is 0.684. The summed E-state index contributed by atoms with van der Waals surface area (Å²) in [6.07, 6.45) is 14.1. The van der Waals surface area contributed by atoms with Gasteiger partial charge in [-0.2, -0.15) is 20.4 Å². The number of anilines is 2. The van der Waals surface area contributed by atoms with Crippen LogP contribution in [0.25, 0.3) is 43.9 Å². The Kier molecular flexibility index (Phi) is 25.6. The van der Waals surface area contributed by atoms with Crippen LogP contribution in [0.1, 0.15) is 178 Å². The van der Waals surface area contributed by atoms with Crippen LogP contribution < -0.4 is 5.32 Å². The predicted octanol–water partition coefficient (Wildman–Crippen LogP) is 15.4. The Labute approximate surface area is 436 Å². The van der Waals surface area contributed by atoms with E-state index in [1.54, 1.807) is 29.7 Å². The fraction of sp³-hybridized carbons (Fsp3) is 0.456. The van der Waals surface area contributed by atoms with Crippen molar-refractivity contribution in [2.45, 2.75) is 164 Å². The summed E-state index contributed by atoms with van der Waals surface area (Å²) in [5.41, 5.74) is 13.7. The summed E-state index contributed by atoms with van der Waals surface area (Å²) in [4.78, 5) is 29.6. The number of aryl methyl sites for hydroxylation is 2. The molecule has 8 aromatic heterocycles. The largest absolute Gasteiger partial charge is 0.323 e. The first-order valence-corrected chi connectivity index (χ1v) is 23.3. The number of aliphatic imine (C=N–C) groups is 1. The summed E-state index contributed by atoms with van der Waals surface area (Å²) < 4.78 is 0. The van der Waals surface area contributed by atoms with Crippen LogP contribution in [0.2, 0.25) is 0 Å². The summed E-state index contributed by atoms with van der Waals surface area (Å²) in [6.45, 7) is 24.2. The standard InChI is InChI=1S/C14H15N5.C11H17N.2C9H11N3.C8H10N4.6CH4/c1-8-9(2)15-10(3)16-13(8)17-14-11-6-4-5-7-12(11)18-19-14;1-8(2)11-10-6-4-3-5-9(10)7-12-11;1-6(2)9-7-5-10-4-3-8(7)11-12-9;1-6(2)8-7-4-3-5-10-9(7)12-11-8;1-5(2)7-6-3-9-4-10-8(6)12-11-7;;;;;;/h4-7H,1-3H3,(H2,15,16,17,18,19);8H,3-7H2,1-2H3;3-6H,1-2H3,(H,11,12);3-6H,1-2H3,(H,10,11,12);3-5H,1-2H3,(H,9,10,11,12);6*1H4. The molecule has 16 heteroatoms. The third kappa shape index (κ3) is 15.4. The van der Waals surface area contributed by atoms with Gasteiger partial charge in [-0.15, -0.1) is 0 Å². The highest BCUT2D eigenvalue weighted by Crippen LogP contribution is 2.32. The highest BCUT2D eigenvalue weighted by atomic mass is 15.2. The summed E-state index contributed by atoms with van der Waals surface area (Å²) in [6, 6.07) is 13.9. The number of hydrogen-bond donors (Lipinski definition) is 5. The number of H-pyrrole nitrogens is 4. The van der Waals surface area contributed by atoms with Gasteiger partial charge in [-0.1, -0.05) is 112 Å². The molecular weight excluding hydrogens is 909 g/mol.